The largest absolute Gasteiger partial charge is 0.378 e. The number of nitrogens with one attached hydrogen (secondary N) is 1. The van der Waals surface area contributed by atoms with Crippen molar-refractivity contribution >= 4 is 5.69 Å². The molecule has 110 valence electrons. The van der Waals surface area contributed by atoms with Gasteiger partial charge in [-0.1, -0.05) is 43.3 Å². The van der Waals surface area contributed by atoms with Crippen LogP contribution in [0.4, 0.5) is 5.69 Å². The molecule has 0 aromatic heterocycles. The summed E-state index contributed by atoms with van der Waals surface area (Å²) in [7, 11) is 0. The molecular formula is C20H25N. The quantitative estimate of drug-likeness (QED) is 0.800. The summed E-state index contributed by atoms with van der Waals surface area (Å²) in [5, 5.41) is 3.68. The van der Waals surface area contributed by atoms with Crippen molar-refractivity contribution in [2.75, 3.05) is 5.32 Å². The van der Waals surface area contributed by atoms with Gasteiger partial charge in [0.25, 0.3) is 0 Å². The molecule has 1 heteroatoms. The number of anilines is 1. The second-order valence-corrected chi connectivity index (χ2v) is 6.11. The first-order valence-corrected chi connectivity index (χ1v) is 8.24. The zero-order valence-electron chi connectivity index (χ0n) is 13.2. The third-order valence-electron chi connectivity index (χ3n) is 4.64. The Hall–Kier alpha value is -1.76. The van der Waals surface area contributed by atoms with Gasteiger partial charge in [-0.25, -0.2) is 0 Å². The van der Waals surface area contributed by atoms with Crippen LogP contribution in [0.25, 0.3) is 0 Å². The van der Waals surface area contributed by atoms with E-state index in [9.17, 15) is 0 Å². The highest BCUT2D eigenvalue weighted by Crippen LogP contribution is 2.27. The van der Waals surface area contributed by atoms with Crippen molar-refractivity contribution in [1.29, 1.82) is 0 Å². The number of para-hydroxylation sites is 1. The van der Waals surface area contributed by atoms with Crippen LogP contribution in [0.2, 0.25) is 0 Å². The van der Waals surface area contributed by atoms with Crippen LogP contribution in [-0.4, -0.2) is 0 Å². The second kappa shape index (κ2) is 6.34. The third-order valence-corrected chi connectivity index (χ3v) is 4.64. The molecule has 2 aromatic carbocycles. The molecule has 3 rings (SSSR count). The zero-order chi connectivity index (χ0) is 14.7. The van der Waals surface area contributed by atoms with E-state index in [1.54, 1.807) is 11.1 Å². The molecule has 0 radical (unpaired) electrons. The van der Waals surface area contributed by atoms with Crippen molar-refractivity contribution < 1.29 is 0 Å². The summed E-state index contributed by atoms with van der Waals surface area (Å²) in [5.74, 6) is 0. The maximum Gasteiger partial charge on any atom is 0.0485 e. The predicted octanol–water partition coefficient (Wildman–Crippen LogP) is 5.30. The first kappa shape index (κ1) is 14.2. The van der Waals surface area contributed by atoms with E-state index in [-0.39, 0.29) is 0 Å². The Morgan fingerprint density at radius 1 is 1.00 bits per heavy atom. The average Bonchev–Trinajstić information content (AvgIpc) is 2.55. The van der Waals surface area contributed by atoms with Crippen LogP contribution in [-0.2, 0) is 19.3 Å². The molecule has 21 heavy (non-hydrogen) atoms. The monoisotopic (exact) mass is 279 g/mol. The highest BCUT2D eigenvalue weighted by atomic mass is 14.9. The molecule has 1 atom stereocenters. The molecular weight excluding hydrogens is 254 g/mol. The molecule has 0 heterocycles. The highest BCUT2D eigenvalue weighted by molar-refractivity contribution is 5.53. The molecule has 2 aromatic rings. The second-order valence-electron chi connectivity index (χ2n) is 6.11. The van der Waals surface area contributed by atoms with Crippen LogP contribution in [0.1, 0.15) is 55.0 Å². The van der Waals surface area contributed by atoms with Gasteiger partial charge in [0, 0.05) is 11.7 Å². The summed E-state index contributed by atoms with van der Waals surface area (Å²) in [5.41, 5.74) is 7.19. The van der Waals surface area contributed by atoms with Gasteiger partial charge in [0.2, 0.25) is 0 Å². The molecule has 1 nitrogen and oxygen atoms in total. The van der Waals surface area contributed by atoms with Gasteiger partial charge in [-0.3, -0.25) is 0 Å². The number of rotatable bonds is 4. The van der Waals surface area contributed by atoms with Crippen LogP contribution in [0, 0.1) is 0 Å². The van der Waals surface area contributed by atoms with Gasteiger partial charge in [0.15, 0.2) is 0 Å². The maximum atomic E-state index is 3.68. The van der Waals surface area contributed by atoms with Crippen molar-refractivity contribution in [3.8, 4) is 0 Å². The lowest BCUT2D eigenvalue weighted by atomic mass is 9.89. The summed E-state index contributed by atoms with van der Waals surface area (Å²) < 4.78 is 0. The van der Waals surface area contributed by atoms with Crippen molar-refractivity contribution in [3.05, 3.63) is 64.7 Å². The van der Waals surface area contributed by atoms with E-state index >= 15 is 0 Å². The van der Waals surface area contributed by atoms with Gasteiger partial charge >= 0.3 is 0 Å². The van der Waals surface area contributed by atoms with Gasteiger partial charge < -0.3 is 5.32 Å². The van der Waals surface area contributed by atoms with Crippen molar-refractivity contribution in [2.45, 2.75) is 52.0 Å². The van der Waals surface area contributed by atoms with Crippen LogP contribution in [0.5, 0.6) is 0 Å². The van der Waals surface area contributed by atoms with E-state index in [0.717, 1.165) is 6.42 Å². The normalized spacial score (nSPS) is 15.3. The van der Waals surface area contributed by atoms with E-state index in [4.69, 9.17) is 0 Å². The Morgan fingerprint density at radius 3 is 2.57 bits per heavy atom. The van der Waals surface area contributed by atoms with Gasteiger partial charge in [0.1, 0.15) is 0 Å². The Kier molecular flexibility index (Phi) is 4.28. The summed E-state index contributed by atoms with van der Waals surface area (Å²) in [4.78, 5) is 0. The number of benzene rings is 2. The zero-order valence-corrected chi connectivity index (χ0v) is 13.2. The maximum absolute atomic E-state index is 3.68. The topological polar surface area (TPSA) is 12.0 Å². The minimum atomic E-state index is 0.352. The lowest BCUT2D eigenvalue weighted by Crippen LogP contribution is -2.10. The van der Waals surface area contributed by atoms with Crippen molar-refractivity contribution in [1.82, 2.24) is 0 Å². The summed E-state index contributed by atoms with van der Waals surface area (Å²) in [6.07, 6.45) is 6.28. The lowest BCUT2D eigenvalue weighted by molar-refractivity contribution is 0.683. The molecule has 0 bridgehead atoms. The molecule has 1 unspecified atom stereocenters. The van der Waals surface area contributed by atoms with E-state index in [1.807, 2.05) is 0 Å². The van der Waals surface area contributed by atoms with E-state index in [0.29, 0.717) is 6.04 Å². The number of hydrogen-bond acceptors (Lipinski definition) is 1. The highest BCUT2D eigenvalue weighted by Gasteiger charge is 2.13. The first-order valence-electron chi connectivity index (χ1n) is 8.24. The van der Waals surface area contributed by atoms with Gasteiger partial charge in [-0.05, 0) is 67.3 Å². The number of hydrogen-bond donors (Lipinski definition) is 1. The first-order chi connectivity index (χ1) is 10.3. The molecule has 0 amide bonds. The Balaban J connectivity index is 1.80. The molecule has 0 saturated heterocycles. The Bertz CT molecular complexity index is 615. The van der Waals surface area contributed by atoms with E-state index < -0.39 is 0 Å². The van der Waals surface area contributed by atoms with Crippen LogP contribution >= 0.6 is 0 Å². The lowest BCUT2D eigenvalue weighted by Gasteiger charge is -2.21. The number of aryl methyl sites for hydroxylation is 3. The number of fused-ring (bicyclic) bond motifs is 1. The Labute approximate surface area is 128 Å². The fraction of sp³-hybridized carbons (Fsp3) is 0.400. The molecule has 1 aliphatic rings. The average molecular weight is 279 g/mol. The van der Waals surface area contributed by atoms with Crippen LogP contribution < -0.4 is 5.32 Å². The SMILES string of the molecule is CCc1ccccc1NC(C)c1ccc2c(c1)CCCC2. The summed E-state index contributed by atoms with van der Waals surface area (Å²) in [6, 6.07) is 16.0. The minimum absolute atomic E-state index is 0.352. The standard InChI is InChI=1S/C20H25N/c1-3-16-8-6-7-11-20(16)21-15(2)18-13-12-17-9-4-5-10-19(17)14-18/h6-8,11-15,21H,3-5,9-10H2,1-2H3. The van der Waals surface area contributed by atoms with Crippen molar-refractivity contribution in [3.63, 3.8) is 0 Å². The van der Waals surface area contributed by atoms with Gasteiger partial charge in [-0.2, -0.15) is 0 Å². The smallest absolute Gasteiger partial charge is 0.0485 e. The van der Waals surface area contributed by atoms with Gasteiger partial charge in [0.05, 0.1) is 0 Å². The van der Waals surface area contributed by atoms with E-state index in [2.05, 4.69) is 61.6 Å². The fourth-order valence-electron chi connectivity index (χ4n) is 3.31. The summed E-state index contributed by atoms with van der Waals surface area (Å²) >= 11 is 0. The van der Waals surface area contributed by atoms with Crippen LogP contribution in [0.15, 0.2) is 42.5 Å². The molecule has 0 saturated carbocycles. The van der Waals surface area contributed by atoms with Crippen LogP contribution in [0.3, 0.4) is 0 Å². The fourth-order valence-corrected chi connectivity index (χ4v) is 3.31. The molecule has 1 N–H and O–H groups in total. The third kappa shape index (κ3) is 3.12. The predicted molar refractivity (Wildman–Crippen MR) is 90.9 cm³/mol. The Morgan fingerprint density at radius 2 is 1.76 bits per heavy atom. The molecule has 1 aliphatic carbocycles. The molecule has 0 fully saturated rings. The van der Waals surface area contributed by atoms with Crippen molar-refractivity contribution in [2.24, 2.45) is 0 Å². The minimum Gasteiger partial charge on any atom is -0.378 e. The van der Waals surface area contributed by atoms with Gasteiger partial charge in [-0.15, -0.1) is 0 Å². The summed E-state index contributed by atoms with van der Waals surface area (Å²) in [6.45, 7) is 4.47. The van der Waals surface area contributed by atoms with E-state index in [1.165, 1.54) is 42.5 Å². The molecule has 0 aliphatic heterocycles. The molecule has 0 spiro atoms.